The number of furan rings is 1. The Morgan fingerprint density at radius 1 is 1.17 bits per heavy atom. The molecule has 0 bridgehead atoms. The maximum atomic E-state index is 13.3. The van der Waals surface area contributed by atoms with Gasteiger partial charge in [0, 0.05) is 36.1 Å². The van der Waals surface area contributed by atoms with E-state index >= 15 is 0 Å². The second-order valence-electron chi connectivity index (χ2n) is 7.00. The van der Waals surface area contributed by atoms with E-state index in [1.165, 1.54) is 0 Å². The minimum absolute atomic E-state index is 0.132. The van der Waals surface area contributed by atoms with Gasteiger partial charge in [-0.3, -0.25) is 9.48 Å². The SMILES string of the molecule is Cc1c(C(=O)N2Cc3ccnn3C(COc3ncccn3)C2)oc2ccccc12. The third-order valence-electron chi connectivity index (χ3n) is 5.15. The fourth-order valence-electron chi connectivity index (χ4n) is 3.72. The summed E-state index contributed by atoms with van der Waals surface area (Å²) >= 11 is 0. The highest BCUT2D eigenvalue weighted by Crippen LogP contribution is 2.28. The van der Waals surface area contributed by atoms with Crippen molar-refractivity contribution in [1.29, 1.82) is 0 Å². The van der Waals surface area contributed by atoms with Crippen LogP contribution in [0.25, 0.3) is 11.0 Å². The number of amides is 1. The summed E-state index contributed by atoms with van der Waals surface area (Å²) in [5, 5.41) is 5.36. The average molecular weight is 389 g/mol. The zero-order valence-corrected chi connectivity index (χ0v) is 15.9. The Balaban J connectivity index is 1.40. The van der Waals surface area contributed by atoms with Gasteiger partial charge in [0.2, 0.25) is 0 Å². The second-order valence-corrected chi connectivity index (χ2v) is 7.00. The third kappa shape index (κ3) is 3.12. The van der Waals surface area contributed by atoms with Crippen LogP contribution in [0.4, 0.5) is 0 Å². The topological polar surface area (TPSA) is 86.3 Å². The number of rotatable bonds is 4. The molecule has 0 saturated heterocycles. The number of para-hydroxylation sites is 1. The van der Waals surface area contributed by atoms with Gasteiger partial charge in [0.05, 0.1) is 12.2 Å². The lowest BCUT2D eigenvalue weighted by atomic mass is 10.1. The monoisotopic (exact) mass is 389 g/mol. The smallest absolute Gasteiger partial charge is 0.316 e. The van der Waals surface area contributed by atoms with Crippen LogP contribution >= 0.6 is 0 Å². The van der Waals surface area contributed by atoms with Gasteiger partial charge >= 0.3 is 6.01 Å². The first-order valence-electron chi connectivity index (χ1n) is 9.40. The van der Waals surface area contributed by atoms with Crippen molar-refractivity contribution in [2.75, 3.05) is 13.2 Å². The summed E-state index contributed by atoms with van der Waals surface area (Å²) in [6.45, 7) is 3.15. The highest BCUT2D eigenvalue weighted by atomic mass is 16.5. The molecular formula is C21H19N5O3. The molecule has 5 rings (SSSR count). The average Bonchev–Trinajstić information content (AvgIpc) is 3.37. The first-order valence-corrected chi connectivity index (χ1v) is 9.40. The molecule has 8 nitrogen and oxygen atoms in total. The predicted molar refractivity (Wildman–Crippen MR) is 104 cm³/mol. The van der Waals surface area contributed by atoms with Crippen LogP contribution in [0.5, 0.6) is 6.01 Å². The largest absolute Gasteiger partial charge is 0.461 e. The fourth-order valence-corrected chi connectivity index (χ4v) is 3.72. The van der Waals surface area contributed by atoms with Gasteiger partial charge in [-0.05, 0) is 25.1 Å². The normalized spacial score (nSPS) is 16.0. The number of nitrogens with zero attached hydrogens (tertiary/aromatic N) is 5. The molecule has 1 amide bonds. The summed E-state index contributed by atoms with van der Waals surface area (Å²) in [5.74, 6) is 0.248. The molecule has 0 radical (unpaired) electrons. The van der Waals surface area contributed by atoms with Gasteiger partial charge in [-0.1, -0.05) is 18.2 Å². The lowest BCUT2D eigenvalue weighted by Gasteiger charge is -2.33. The fraction of sp³-hybridized carbons (Fsp3) is 0.238. The maximum Gasteiger partial charge on any atom is 0.316 e. The van der Waals surface area contributed by atoms with Crippen LogP contribution in [-0.2, 0) is 6.54 Å². The van der Waals surface area contributed by atoms with E-state index in [4.69, 9.17) is 9.15 Å². The quantitative estimate of drug-likeness (QED) is 0.533. The van der Waals surface area contributed by atoms with Gasteiger partial charge < -0.3 is 14.1 Å². The van der Waals surface area contributed by atoms with Crippen LogP contribution in [-0.4, -0.2) is 43.7 Å². The van der Waals surface area contributed by atoms with E-state index in [-0.39, 0.29) is 11.9 Å². The Labute approximate surface area is 166 Å². The standard InChI is InChI=1S/C21H19N5O3/c1-14-17-5-2-3-6-18(17)29-19(14)20(27)25-11-15-7-10-24-26(15)16(12-25)13-28-21-22-8-4-9-23-21/h2-10,16H,11-13H2,1H3. The van der Waals surface area contributed by atoms with Gasteiger partial charge in [-0.25, -0.2) is 9.97 Å². The number of ether oxygens (including phenoxy) is 1. The number of fused-ring (bicyclic) bond motifs is 2. The molecule has 0 N–H and O–H groups in total. The minimum Gasteiger partial charge on any atom is -0.461 e. The molecule has 8 heteroatoms. The first kappa shape index (κ1) is 17.4. The van der Waals surface area contributed by atoms with Gasteiger partial charge in [0.1, 0.15) is 18.2 Å². The molecule has 1 unspecified atom stereocenters. The van der Waals surface area contributed by atoms with Crippen LogP contribution in [0.15, 0.2) is 59.4 Å². The summed E-state index contributed by atoms with van der Waals surface area (Å²) in [6, 6.07) is 11.5. The lowest BCUT2D eigenvalue weighted by Crippen LogP contribution is -2.43. The third-order valence-corrected chi connectivity index (χ3v) is 5.15. The van der Waals surface area contributed by atoms with Gasteiger partial charge in [0.15, 0.2) is 5.76 Å². The first-order chi connectivity index (χ1) is 14.2. The molecule has 1 aromatic carbocycles. The molecule has 1 aliphatic rings. The zero-order chi connectivity index (χ0) is 19.8. The van der Waals surface area contributed by atoms with Crippen LogP contribution in [0.1, 0.15) is 27.9 Å². The van der Waals surface area contributed by atoms with Crippen molar-refractivity contribution < 1.29 is 13.9 Å². The number of aromatic nitrogens is 4. The van der Waals surface area contributed by atoms with Crippen LogP contribution in [0.2, 0.25) is 0 Å². The number of aryl methyl sites for hydroxylation is 1. The molecule has 0 saturated carbocycles. The second kappa shape index (κ2) is 7.05. The molecular weight excluding hydrogens is 370 g/mol. The van der Waals surface area contributed by atoms with E-state index < -0.39 is 0 Å². The van der Waals surface area contributed by atoms with Crippen LogP contribution in [0, 0.1) is 6.92 Å². The van der Waals surface area contributed by atoms with E-state index in [0.717, 1.165) is 22.2 Å². The highest BCUT2D eigenvalue weighted by Gasteiger charge is 2.32. The summed E-state index contributed by atoms with van der Waals surface area (Å²) in [7, 11) is 0. The van der Waals surface area contributed by atoms with E-state index in [1.54, 1.807) is 29.6 Å². The number of hydrogen-bond donors (Lipinski definition) is 0. The summed E-state index contributed by atoms with van der Waals surface area (Å²) in [5.41, 5.74) is 2.52. The lowest BCUT2D eigenvalue weighted by molar-refractivity contribution is 0.0599. The van der Waals surface area contributed by atoms with Crippen molar-refractivity contribution in [2.45, 2.75) is 19.5 Å². The van der Waals surface area contributed by atoms with E-state index in [0.29, 0.717) is 31.5 Å². The molecule has 146 valence electrons. The van der Waals surface area contributed by atoms with E-state index in [1.807, 2.05) is 41.9 Å². The molecule has 3 aromatic heterocycles. The molecule has 4 aromatic rings. The van der Waals surface area contributed by atoms with Crippen molar-refractivity contribution in [3.05, 3.63) is 72.0 Å². The van der Waals surface area contributed by atoms with Gasteiger partial charge in [-0.15, -0.1) is 0 Å². The van der Waals surface area contributed by atoms with Crippen LogP contribution < -0.4 is 4.74 Å². The Hall–Kier alpha value is -3.68. The van der Waals surface area contributed by atoms with E-state index in [9.17, 15) is 4.79 Å². The van der Waals surface area contributed by atoms with Gasteiger partial charge in [0.25, 0.3) is 5.91 Å². The summed E-state index contributed by atoms with van der Waals surface area (Å²) in [4.78, 5) is 23.2. The Morgan fingerprint density at radius 3 is 2.83 bits per heavy atom. The number of benzene rings is 1. The molecule has 0 spiro atoms. The number of carbonyl (C=O) groups excluding carboxylic acids is 1. The van der Waals surface area contributed by atoms with Gasteiger partial charge in [-0.2, -0.15) is 5.10 Å². The zero-order valence-electron chi connectivity index (χ0n) is 15.9. The highest BCUT2D eigenvalue weighted by molar-refractivity contribution is 5.98. The molecule has 0 aliphatic carbocycles. The number of carbonyl (C=O) groups is 1. The summed E-state index contributed by atoms with van der Waals surface area (Å²) in [6.07, 6.45) is 4.99. The van der Waals surface area contributed by atoms with Crippen molar-refractivity contribution in [3.8, 4) is 6.01 Å². The Morgan fingerprint density at radius 2 is 2.00 bits per heavy atom. The maximum absolute atomic E-state index is 13.3. The number of hydrogen-bond acceptors (Lipinski definition) is 6. The molecule has 29 heavy (non-hydrogen) atoms. The van der Waals surface area contributed by atoms with Crippen molar-refractivity contribution in [3.63, 3.8) is 0 Å². The molecule has 1 atom stereocenters. The Kier molecular flexibility index (Phi) is 4.23. The molecule has 4 heterocycles. The minimum atomic E-state index is -0.147. The van der Waals surface area contributed by atoms with Crippen LogP contribution in [0.3, 0.4) is 0 Å². The van der Waals surface area contributed by atoms with Crippen molar-refractivity contribution >= 4 is 16.9 Å². The predicted octanol–water partition coefficient (Wildman–Crippen LogP) is 3.00. The van der Waals surface area contributed by atoms with Crippen molar-refractivity contribution in [1.82, 2.24) is 24.6 Å². The Bertz CT molecular complexity index is 1170. The molecule has 0 fully saturated rings. The van der Waals surface area contributed by atoms with E-state index in [2.05, 4.69) is 15.1 Å². The van der Waals surface area contributed by atoms with Crippen molar-refractivity contribution in [2.24, 2.45) is 0 Å². The molecule has 1 aliphatic heterocycles. The summed E-state index contributed by atoms with van der Waals surface area (Å²) < 4.78 is 13.5.